The van der Waals surface area contributed by atoms with Crippen LogP contribution in [0.3, 0.4) is 0 Å². The van der Waals surface area contributed by atoms with Crippen LogP contribution in [0.5, 0.6) is 0 Å². The number of aliphatic hydroxyl groups is 1. The molecule has 2 aliphatic heterocycles. The van der Waals surface area contributed by atoms with Crippen molar-refractivity contribution in [1.29, 1.82) is 0 Å². The Morgan fingerprint density at radius 1 is 1.21 bits per heavy atom. The minimum Gasteiger partial charge on any atom is -0.389 e. The van der Waals surface area contributed by atoms with Crippen LogP contribution in [-0.2, 0) is 9.47 Å². The second-order valence-corrected chi connectivity index (χ2v) is 4.53. The fraction of sp³-hybridized carbons (Fsp3) is 1.00. The van der Waals surface area contributed by atoms with E-state index in [0.717, 1.165) is 26.1 Å². The van der Waals surface area contributed by atoms with E-state index in [1.54, 1.807) is 0 Å². The van der Waals surface area contributed by atoms with Crippen molar-refractivity contribution in [3.8, 4) is 0 Å². The van der Waals surface area contributed by atoms with Gasteiger partial charge in [0.2, 0.25) is 0 Å². The fourth-order valence-electron chi connectivity index (χ4n) is 2.09. The van der Waals surface area contributed by atoms with Crippen molar-refractivity contribution < 1.29 is 14.6 Å². The van der Waals surface area contributed by atoms with Crippen LogP contribution in [0.25, 0.3) is 0 Å². The minimum absolute atomic E-state index is 0.0955. The lowest BCUT2D eigenvalue weighted by molar-refractivity contribution is 0.0327. The zero-order valence-corrected chi connectivity index (χ0v) is 8.66. The van der Waals surface area contributed by atoms with Crippen molar-refractivity contribution >= 4 is 0 Å². The summed E-state index contributed by atoms with van der Waals surface area (Å²) in [7, 11) is 0. The summed E-state index contributed by atoms with van der Waals surface area (Å²) in [4.78, 5) is 0. The molecule has 14 heavy (non-hydrogen) atoms. The van der Waals surface area contributed by atoms with Gasteiger partial charge in [-0.15, -0.1) is 0 Å². The number of rotatable bonds is 2. The van der Waals surface area contributed by atoms with Gasteiger partial charge in [-0.1, -0.05) is 0 Å². The predicted octanol–water partition coefficient (Wildman–Crippen LogP) is -0.0952. The van der Waals surface area contributed by atoms with E-state index in [9.17, 15) is 5.11 Å². The van der Waals surface area contributed by atoms with Gasteiger partial charge in [0, 0.05) is 18.8 Å². The van der Waals surface area contributed by atoms with Crippen molar-refractivity contribution in [2.45, 2.75) is 37.5 Å². The first-order valence-electron chi connectivity index (χ1n) is 5.31. The first-order valence-corrected chi connectivity index (χ1v) is 5.31. The van der Waals surface area contributed by atoms with Gasteiger partial charge in [-0.05, 0) is 19.8 Å². The fourth-order valence-corrected chi connectivity index (χ4v) is 2.09. The van der Waals surface area contributed by atoms with Crippen LogP contribution < -0.4 is 5.32 Å². The zero-order chi connectivity index (χ0) is 10.0. The third-order valence-corrected chi connectivity index (χ3v) is 3.18. The van der Waals surface area contributed by atoms with E-state index in [4.69, 9.17) is 9.47 Å². The van der Waals surface area contributed by atoms with Crippen LogP contribution in [0.2, 0.25) is 0 Å². The van der Waals surface area contributed by atoms with Crippen LogP contribution in [0.1, 0.15) is 19.8 Å². The molecule has 0 aromatic rings. The van der Waals surface area contributed by atoms with Gasteiger partial charge in [0.15, 0.2) is 0 Å². The molecule has 2 N–H and O–H groups in total. The highest BCUT2D eigenvalue weighted by Gasteiger charge is 2.34. The normalized spacial score (nSPS) is 37.3. The van der Waals surface area contributed by atoms with E-state index < -0.39 is 0 Å². The molecular formula is C10H19NO3. The smallest absolute Gasteiger partial charge is 0.0948 e. The summed E-state index contributed by atoms with van der Waals surface area (Å²) < 4.78 is 10.5. The molecule has 0 spiro atoms. The molecule has 0 amide bonds. The Labute approximate surface area is 84.6 Å². The predicted molar refractivity (Wildman–Crippen MR) is 52.2 cm³/mol. The molecule has 2 heterocycles. The summed E-state index contributed by atoms with van der Waals surface area (Å²) in [6, 6.07) is 0.0955. The third kappa shape index (κ3) is 2.25. The van der Waals surface area contributed by atoms with Gasteiger partial charge < -0.3 is 19.9 Å². The molecule has 82 valence electrons. The average molecular weight is 201 g/mol. The number of aliphatic hydroxyl groups excluding tert-OH is 1. The van der Waals surface area contributed by atoms with E-state index in [2.05, 4.69) is 12.2 Å². The highest BCUT2D eigenvalue weighted by atomic mass is 16.5. The molecule has 2 saturated heterocycles. The number of hydrogen-bond donors (Lipinski definition) is 2. The van der Waals surface area contributed by atoms with Crippen LogP contribution >= 0.6 is 0 Å². The molecule has 2 aliphatic rings. The molecule has 2 fully saturated rings. The largest absolute Gasteiger partial charge is 0.389 e. The zero-order valence-electron chi connectivity index (χ0n) is 8.66. The van der Waals surface area contributed by atoms with Crippen LogP contribution in [0, 0.1) is 0 Å². The molecule has 2 unspecified atom stereocenters. The van der Waals surface area contributed by atoms with Crippen molar-refractivity contribution in [1.82, 2.24) is 5.32 Å². The highest BCUT2D eigenvalue weighted by molar-refractivity contribution is 4.92. The quantitative estimate of drug-likeness (QED) is 0.655. The molecule has 0 aromatic carbocycles. The van der Waals surface area contributed by atoms with E-state index in [1.807, 2.05) is 0 Å². The van der Waals surface area contributed by atoms with Gasteiger partial charge in [-0.2, -0.15) is 0 Å². The standard InChI is InChI=1S/C10H19NO3/c1-10(2-4-13-5-3-10)11-8-6-14-7-9(8)12/h8-9,11-12H,2-7H2,1H3. The lowest BCUT2D eigenvalue weighted by Crippen LogP contribution is -2.54. The molecule has 0 saturated carbocycles. The Hall–Kier alpha value is -0.160. The van der Waals surface area contributed by atoms with Crippen molar-refractivity contribution in [2.75, 3.05) is 26.4 Å². The average Bonchev–Trinajstić information content (AvgIpc) is 2.52. The summed E-state index contributed by atoms with van der Waals surface area (Å²) in [5.41, 5.74) is 0.109. The Kier molecular flexibility index (Phi) is 3.07. The summed E-state index contributed by atoms with van der Waals surface area (Å²) in [6.07, 6.45) is 1.67. The molecule has 4 nitrogen and oxygen atoms in total. The lowest BCUT2D eigenvalue weighted by Gasteiger charge is -2.37. The second kappa shape index (κ2) is 4.14. The maximum absolute atomic E-state index is 9.62. The first kappa shape index (κ1) is 10.4. The van der Waals surface area contributed by atoms with E-state index >= 15 is 0 Å². The monoisotopic (exact) mass is 201 g/mol. The Morgan fingerprint density at radius 2 is 1.93 bits per heavy atom. The lowest BCUT2D eigenvalue weighted by atomic mass is 9.91. The number of ether oxygens (including phenoxy) is 2. The SMILES string of the molecule is CC1(NC2COCC2O)CCOCC1. The van der Waals surface area contributed by atoms with E-state index in [0.29, 0.717) is 13.2 Å². The molecule has 0 radical (unpaired) electrons. The Bertz CT molecular complexity index is 192. The first-order chi connectivity index (χ1) is 6.70. The van der Waals surface area contributed by atoms with Gasteiger partial charge in [0.1, 0.15) is 0 Å². The van der Waals surface area contributed by atoms with E-state index in [-0.39, 0.29) is 17.7 Å². The summed E-state index contributed by atoms with van der Waals surface area (Å²) >= 11 is 0. The Balaban J connectivity index is 1.88. The topological polar surface area (TPSA) is 50.7 Å². The highest BCUT2D eigenvalue weighted by Crippen LogP contribution is 2.22. The van der Waals surface area contributed by atoms with Gasteiger partial charge in [-0.3, -0.25) is 0 Å². The summed E-state index contributed by atoms with van der Waals surface area (Å²) in [5.74, 6) is 0. The summed E-state index contributed by atoms with van der Waals surface area (Å²) in [6.45, 7) is 4.91. The maximum Gasteiger partial charge on any atom is 0.0948 e. The van der Waals surface area contributed by atoms with Crippen LogP contribution in [0.4, 0.5) is 0 Å². The van der Waals surface area contributed by atoms with Gasteiger partial charge in [0.25, 0.3) is 0 Å². The summed E-state index contributed by atoms with van der Waals surface area (Å²) in [5, 5.41) is 13.1. The molecule has 0 aliphatic carbocycles. The van der Waals surface area contributed by atoms with Crippen LogP contribution in [0.15, 0.2) is 0 Å². The van der Waals surface area contributed by atoms with Crippen LogP contribution in [-0.4, -0.2) is 49.2 Å². The molecule has 4 heteroatoms. The molecule has 0 bridgehead atoms. The molecule has 2 atom stereocenters. The van der Waals surface area contributed by atoms with Gasteiger partial charge in [-0.25, -0.2) is 0 Å². The Morgan fingerprint density at radius 3 is 2.50 bits per heavy atom. The second-order valence-electron chi connectivity index (χ2n) is 4.53. The van der Waals surface area contributed by atoms with Crippen molar-refractivity contribution in [3.05, 3.63) is 0 Å². The van der Waals surface area contributed by atoms with Crippen molar-refractivity contribution in [2.24, 2.45) is 0 Å². The molecule has 2 rings (SSSR count). The minimum atomic E-state index is -0.352. The third-order valence-electron chi connectivity index (χ3n) is 3.18. The van der Waals surface area contributed by atoms with Gasteiger partial charge >= 0.3 is 0 Å². The number of nitrogens with one attached hydrogen (secondary N) is 1. The number of hydrogen-bond acceptors (Lipinski definition) is 4. The molecule has 0 aromatic heterocycles. The molecular weight excluding hydrogens is 182 g/mol. The van der Waals surface area contributed by atoms with E-state index in [1.165, 1.54) is 0 Å². The van der Waals surface area contributed by atoms with Gasteiger partial charge in [0.05, 0.1) is 25.4 Å². The van der Waals surface area contributed by atoms with Crippen molar-refractivity contribution in [3.63, 3.8) is 0 Å². The maximum atomic E-state index is 9.62.